The van der Waals surface area contributed by atoms with Gasteiger partial charge in [0.1, 0.15) is 108 Å². The van der Waals surface area contributed by atoms with E-state index < -0.39 is 73.6 Å². The SMILES string of the molecule is CN(C[C@H]1O[C@@H](n2cnc3c(N)ncnc32)[C@H](O)[C@@H]1O)C1CC(CCc2nc3ccc(C4CC4)cc3[nH]2)C1.CN(C[C@H]1O[C@@H](n2cnc3c(N)ncnc32)[C@H](O)[C@@H]1O)C1CC(CCc2nc3ccc(C4CCC4)cc3[nH]2)C1.CN(C[C@H]1O[C@@H](n2cnc3c(N)ncnc32)[C@H](O)[C@@H]1O)C1CC(CCc2nc3ccc(C4CCC4)cc3[nH]2)C1. The molecule has 21 rings (SSSR count). The van der Waals surface area contributed by atoms with Crippen LogP contribution < -0.4 is 17.2 Å². The molecule has 15 N–H and O–H groups in total. The number of benzene rings is 3. The number of H-pyrrole nitrogens is 3. The van der Waals surface area contributed by atoms with Gasteiger partial charge < -0.3 is 91.7 Å². The third-order valence-corrected chi connectivity index (χ3v) is 27.1. The van der Waals surface area contributed by atoms with Gasteiger partial charge >= 0.3 is 0 Å². The van der Waals surface area contributed by atoms with Gasteiger partial charge in [0.05, 0.1) is 52.1 Å². The van der Waals surface area contributed by atoms with Gasteiger partial charge in [-0.2, -0.15) is 0 Å². The summed E-state index contributed by atoms with van der Waals surface area (Å²) in [6.07, 6.45) is 21.8. The molecule has 12 atom stereocenters. The fourth-order valence-electron chi connectivity index (χ4n) is 19.0. The van der Waals surface area contributed by atoms with E-state index in [9.17, 15) is 30.6 Å². The standard InChI is InChI=1S/2C28H36N8O3.C27H34N8O3/c2*1-35(12-21-24(37)25(38)28(39-21)36-14-32-23-26(29)30-13-31-27(23)36)18-9-15(10-18)5-8-22-33-19-7-6-17(11-20(19)34-22)16-3-2-4-16;1-34(11-20-23(36)24(37)27(38-20)35-13-31-22-25(28)29-12-30-26(22)35)17-8-14(9-17)2-7-21-32-18-6-5-16(15-3-4-15)10-19(18)33-21/h2*6-7,11,13-16,18,21,24-25,28,37-38H,2-5,8-10,12H2,1H3,(H,33,34)(H2,29,30,31);5-6,10,12-15,17,20,23-24,27,36-37H,2-4,7-9,11H2,1H3,(H,32,33)(H2,28,29,30)/t2*15?,18?,21-,24-,25-,28-;14?,17?,20-,23-,24-,27-/m111/s1. The highest BCUT2D eigenvalue weighted by atomic mass is 16.6. The zero-order chi connectivity index (χ0) is 79.3. The summed E-state index contributed by atoms with van der Waals surface area (Å²) in [5, 5.41) is 64.5. The Morgan fingerprint density at radius 3 is 0.957 bits per heavy atom. The van der Waals surface area contributed by atoms with E-state index in [2.05, 4.69) is 150 Å². The van der Waals surface area contributed by atoms with Gasteiger partial charge in [-0.05, 0) is 206 Å². The van der Waals surface area contributed by atoms with Crippen LogP contribution in [0.25, 0.3) is 66.6 Å². The lowest BCUT2D eigenvalue weighted by Crippen LogP contribution is -2.47. The molecule has 6 aliphatic carbocycles. The smallest absolute Gasteiger partial charge is 0.167 e. The molecule has 116 heavy (non-hydrogen) atoms. The van der Waals surface area contributed by atoms with Gasteiger partial charge in [0, 0.05) is 57.0 Å². The predicted octanol–water partition coefficient (Wildman–Crippen LogP) is 7.15. The van der Waals surface area contributed by atoms with Crippen LogP contribution in [0, 0.1) is 17.8 Å². The van der Waals surface area contributed by atoms with Crippen molar-refractivity contribution in [2.24, 2.45) is 17.8 Å². The molecule has 9 aliphatic rings. The van der Waals surface area contributed by atoms with Crippen LogP contribution in [0.2, 0.25) is 0 Å². The molecule has 9 fully saturated rings. The predicted molar refractivity (Wildman–Crippen MR) is 433 cm³/mol. The van der Waals surface area contributed by atoms with Crippen LogP contribution in [0.3, 0.4) is 0 Å². The highest BCUT2D eigenvalue weighted by molar-refractivity contribution is 5.83. The summed E-state index contributed by atoms with van der Waals surface area (Å²) < 4.78 is 23.2. The molecule has 12 heterocycles. The number of hydrogen-bond donors (Lipinski definition) is 12. The Hall–Kier alpha value is -9.36. The monoisotopic (exact) mass is 1580 g/mol. The van der Waals surface area contributed by atoms with Crippen molar-refractivity contribution in [2.45, 2.75) is 238 Å². The molecular formula is C83H106N24O9. The first kappa shape index (κ1) is 76.6. The topological polar surface area (TPSA) is 454 Å². The minimum absolute atomic E-state index is 0.264. The number of aryl methyl sites for hydroxylation is 3. The van der Waals surface area contributed by atoms with Crippen LogP contribution in [0.15, 0.2) is 92.6 Å². The maximum atomic E-state index is 10.8. The maximum absolute atomic E-state index is 10.8. The second-order valence-electron chi connectivity index (χ2n) is 34.7. The first-order valence-corrected chi connectivity index (χ1v) is 41.7. The summed E-state index contributed by atoms with van der Waals surface area (Å²) in [5.74, 6) is 8.21. The molecule has 3 aromatic carbocycles. The molecule has 3 saturated heterocycles. The minimum Gasteiger partial charge on any atom is -0.387 e. The molecule has 33 nitrogen and oxygen atoms in total. The third kappa shape index (κ3) is 15.1. The van der Waals surface area contributed by atoms with Gasteiger partial charge in [0.2, 0.25) is 0 Å². The first-order chi connectivity index (χ1) is 56.3. The zero-order valence-electron chi connectivity index (χ0n) is 65.7. The fraction of sp³-hybridized carbons (Fsp3) is 0.566. The number of nitrogens with zero attached hydrogens (tertiary/aromatic N) is 18. The van der Waals surface area contributed by atoms with Crippen LogP contribution in [0.4, 0.5) is 17.5 Å². The van der Waals surface area contributed by atoms with Gasteiger partial charge in [0.25, 0.3) is 0 Å². The third-order valence-electron chi connectivity index (χ3n) is 27.1. The van der Waals surface area contributed by atoms with Crippen molar-refractivity contribution in [3.63, 3.8) is 0 Å². The van der Waals surface area contributed by atoms with Crippen LogP contribution in [0.1, 0.15) is 180 Å². The van der Waals surface area contributed by atoms with E-state index in [0.29, 0.717) is 89.0 Å². The van der Waals surface area contributed by atoms with Crippen molar-refractivity contribution in [2.75, 3.05) is 58.0 Å². The second-order valence-corrected chi connectivity index (χ2v) is 34.7. The number of likely N-dealkylation sites (N-methyl/N-ethyl adjacent to an activating group) is 3. The highest BCUT2D eigenvalue weighted by Gasteiger charge is 2.49. The van der Waals surface area contributed by atoms with E-state index in [1.807, 2.05) is 0 Å². The van der Waals surface area contributed by atoms with Gasteiger partial charge in [-0.1, -0.05) is 31.0 Å². The van der Waals surface area contributed by atoms with E-state index in [-0.39, 0.29) is 17.5 Å². The molecule has 12 aromatic rings. The number of imidazole rings is 6. The van der Waals surface area contributed by atoms with Crippen molar-refractivity contribution in [1.29, 1.82) is 0 Å². The summed E-state index contributed by atoms with van der Waals surface area (Å²) in [7, 11) is 6.19. The number of aliphatic hydroxyl groups excluding tert-OH is 6. The van der Waals surface area contributed by atoms with E-state index in [4.69, 9.17) is 46.4 Å². The Labute approximate surface area is 669 Å². The van der Waals surface area contributed by atoms with Crippen molar-refractivity contribution in [1.82, 2.24) is 103 Å². The molecule has 0 unspecified atom stereocenters. The highest BCUT2D eigenvalue weighted by Crippen LogP contribution is 2.45. The first-order valence-electron chi connectivity index (χ1n) is 41.7. The number of nitrogens with two attached hydrogens (primary N) is 3. The van der Waals surface area contributed by atoms with Gasteiger partial charge in [-0.3, -0.25) is 13.7 Å². The molecule has 9 aromatic heterocycles. The molecule has 0 bridgehead atoms. The van der Waals surface area contributed by atoms with Crippen LogP contribution in [-0.4, -0.2) is 248 Å². The Balaban J connectivity index is 0.000000116. The van der Waals surface area contributed by atoms with Crippen molar-refractivity contribution in [3.8, 4) is 0 Å². The summed E-state index contributed by atoms with van der Waals surface area (Å²) >= 11 is 0. The average Bonchev–Trinajstić information content (AvgIpc) is 1.62. The summed E-state index contributed by atoms with van der Waals surface area (Å²) in [6, 6.07) is 21.4. The largest absolute Gasteiger partial charge is 0.387 e. The van der Waals surface area contributed by atoms with E-state index >= 15 is 0 Å². The number of hydrogen-bond acceptors (Lipinski definition) is 27. The van der Waals surface area contributed by atoms with Crippen molar-refractivity contribution >= 4 is 84.0 Å². The molecule has 0 amide bonds. The Morgan fingerprint density at radius 2 is 0.681 bits per heavy atom. The van der Waals surface area contributed by atoms with E-state index in [1.165, 1.54) is 106 Å². The number of ether oxygens (including phenoxy) is 3. The molecular weight excluding hydrogens is 1480 g/mol. The van der Waals surface area contributed by atoms with Crippen LogP contribution in [-0.2, 0) is 33.5 Å². The molecule has 6 saturated carbocycles. The Bertz CT molecular complexity index is 5240. The molecule has 33 heteroatoms. The fourth-order valence-corrected chi connectivity index (χ4v) is 19.0. The lowest BCUT2D eigenvalue weighted by molar-refractivity contribution is -0.0514. The number of anilines is 3. The number of aliphatic hydroxyl groups is 6. The number of rotatable bonds is 24. The number of fused-ring (bicyclic) bond motifs is 6. The molecule has 0 radical (unpaired) electrons. The van der Waals surface area contributed by atoms with Gasteiger partial charge in [0.15, 0.2) is 53.1 Å². The number of nitrogens with one attached hydrogen (secondary N) is 3. The Kier molecular flexibility index (Phi) is 21.0. The lowest BCUT2D eigenvalue weighted by atomic mass is 9.76. The summed E-state index contributed by atoms with van der Waals surface area (Å²) in [6.45, 7) is 1.59. The minimum atomic E-state index is -1.10. The summed E-state index contributed by atoms with van der Waals surface area (Å²) in [5.41, 5.74) is 31.4. The number of aromatic amines is 3. The number of nitrogen functional groups attached to an aromatic ring is 3. The van der Waals surface area contributed by atoms with E-state index in [0.717, 1.165) is 145 Å². The van der Waals surface area contributed by atoms with Gasteiger partial charge in [-0.15, -0.1) is 0 Å². The maximum Gasteiger partial charge on any atom is 0.167 e. The molecule has 3 aliphatic heterocycles. The lowest BCUT2D eigenvalue weighted by Gasteiger charge is -2.42. The van der Waals surface area contributed by atoms with Crippen LogP contribution >= 0.6 is 0 Å². The Morgan fingerprint density at radius 1 is 0.388 bits per heavy atom. The molecule has 0 spiro atoms. The van der Waals surface area contributed by atoms with Crippen LogP contribution in [0.5, 0.6) is 0 Å². The second kappa shape index (κ2) is 31.8. The molecule has 612 valence electrons. The van der Waals surface area contributed by atoms with Crippen molar-refractivity contribution < 1.29 is 44.8 Å². The zero-order valence-corrected chi connectivity index (χ0v) is 65.7. The normalized spacial score (nSPS) is 29.4. The number of aromatic nitrogens is 18. The van der Waals surface area contributed by atoms with Gasteiger partial charge in [-0.25, -0.2) is 59.8 Å². The quantitative estimate of drug-likeness (QED) is 0.0285. The van der Waals surface area contributed by atoms with E-state index in [1.54, 1.807) is 13.7 Å². The van der Waals surface area contributed by atoms with Crippen molar-refractivity contribution in [3.05, 3.63) is 127 Å². The average molecular weight is 1580 g/mol. The summed E-state index contributed by atoms with van der Waals surface area (Å²) in [4.78, 5) is 69.2.